The smallest absolute Gasteiger partial charge is 0.167 e. The highest BCUT2D eigenvalue weighted by atomic mass is 79.9. The molecule has 1 heterocycles. The summed E-state index contributed by atoms with van der Waals surface area (Å²) >= 11 is 3.27. The van der Waals surface area contributed by atoms with Gasteiger partial charge in [0, 0.05) is 17.4 Å². The van der Waals surface area contributed by atoms with Crippen molar-refractivity contribution < 1.29 is 9.18 Å². The van der Waals surface area contributed by atoms with Crippen molar-refractivity contribution in [3.63, 3.8) is 0 Å². The van der Waals surface area contributed by atoms with Gasteiger partial charge in [-0.05, 0) is 44.1 Å². The van der Waals surface area contributed by atoms with Crippen molar-refractivity contribution in [1.82, 2.24) is 4.90 Å². The molecule has 0 spiro atoms. The van der Waals surface area contributed by atoms with E-state index in [1.165, 1.54) is 31.7 Å². The molecule has 19 heavy (non-hydrogen) atoms. The number of benzene rings is 1. The molecule has 0 N–H and O–H groups in total. The van der Waals surface area contributed by atoms with Gasteiger partial charge in [0.15, 0.2) is 5.78 Å². The SMILES string of the molecule is O=C(CCN1CCCCCC1)c1cc(Br)ccc1F. The number of rotatable bonds is 4. The second kappa shape index (κ2) is 7.15. The van der Waals surface area contributed by atoms with E-state index >= 15 is 0 Å². The van der Waals surface area contributed by atoms with E-state index in [4.69, 9.17) is 0 Å². The highest BCUT2D eigenvalue weighted by molar-refractivity contribution is 9.10. The van der Waals surface area contributed by atoms with Crippen LogP contribution in [-0.4, -0.2) is 30.3 Å². The summed E-state index contributed by atoms with van der Waals surface area (Å²) in [6.45, 7) is 2.87. The maximum absolute atomic E-state index is 13.6. The van der Waals surface area contributed by atoms with E-state index in [1.54, 1.807) is 12.1 Å². The first kappa shape index (κ1) is 14.7. The first-order valence-corrected chi connectivity index (χ1v) is 7.67. The summed E-state index contributed by atoms with van der Waals surface area (Å²) in [5, 5.41) is 0. The zero-order valence-electron chi connectivity index (χ0n) is 11.0. The van der Waals surface area contributed by atoms with Gasteiger partial charge in [-0.3, -0.25) is 4.79 Å². The summed E-state index contributed by atoms with van der Waals surface area (Å²) < 4.78 is 14.3. The fraction of sp³-hybridized carbons (Fsp3) is 0.533. The number of hydrogen-bond donors (Lipinski definition) is 0. The second-order valence-corrected chi connectivity index (χ2v) is 5.97. The third kappa shape index (κ3) is 4.39. The molecule has 1 fully saturated rings. The Morgan fingerprint density at radius 1 is 1.21 bits per heavy atom. The lowest BCUT2D eigenvalue weighted by atomic mass is 10.1. The lowest BCUT2D eigenvalue weighted by Gasteiger charge is -2.19. The van der Waals surface area contributed by atoms with Crippen LogP contribution in [0, 0.1) is 5.82 Å². The van der Waals surface area contributed by atoms with Gasteiger partial charge in [-0.25, -0.2) is 4.39 Å². The first-order chi connectivity index (χ1) is 9.16. The fourth-order valence-electron chi connectivity index (χ4n) is 2.47. The molecule has 104 valence electrons. The Morgan fingerprint density at radius 2 is 1.89 bits per heavy atom. The number of nitrogens with zero attached hydrogens (tertiary/aromatic N) is 1. The Balaban J connectivity index is 1.91. The highest BCUT2D eigenvalue weighted by Gasteiger charge is 2.15. The predicted octanol–water partition coefficient (Wildman–Crippen LogP) is 4.04. The fourth-order valence-corrected chi connectivity index (χ4v) is 2.83. The van der Waals surface area contributed by atoms with Crippen molar-refractivity contribution in [1.29, 1.82) is 0 Å². The molecule has 1 aromatic rings. The number of carbonyl (C=O) groups is 1. The Kier molecular flexibility index (Phi) is 5.52. The van der Waals surface area contributed by atoms with E-state index in [9.17, 15) is 9.18 Å². The average molecular weight is 328 g/mol. The lowest BCUT2D eigenvalue weighted by molar-refractivity contribution is 0.0961. The van der Waals surface area contributed by atoms with Crippen LogP contribution in [0.5, 0.6) is 0 Å². The molecule has 2 nitrogen and oxygen atoms in total. The van der Waals surface area contributed by atoms with Gasteiger partial charge in [-0.2, -0.15) is 0 Å². The van der Waals surface area contributed by atoms with Crippen LogP contribution in [0.25, 0.3) is 0 Å². The number of carbonyl (C=O) groups excluding carboxylic acids is 1. The van der Waals surface area contributed by atoms with Crippen LogP contribution in [0.1, 0.15) is 42.5 Å². The molecule has 0 aliphatic carbocycles. The predicted molar refractivity (Wildman–Crippen MR) is 78.0 cm³/mol. The summed E-state index contributed by atoms with van der Waals surface area (Å²) in [6.07, 6.45) is 5.38. The van der Waals surface area contributed by atoms with Crippen LogP contribution in [-0.2, 0) is 0 Å². The molecule has 0 amide bonds. The Hall–Kier alpha value is -0.740. The number of likely N-dealkylation sites (tertiary alicyclic amines) is 1. The maximum Gasteiger partial charge on any atom is 0.167 e. The lowest BCUT2D eigenvalue weighted by Crippen LogP contribution is -2.27. The number of halogens is 2. The molecule has 0 unspecified atom stereocenters. The minimum Gasteiger partial charge on any atom is -0.303 e. The van der Waals surface area contributed by atoms with Gasteiger partial charge < -0.3 is 4.90 Å². The molecule has 2 rings (SSSR count). The van der Waals surface area contributed by atoms with Gasteiger partial charge in [0.2, 0.25) is 0 Å². The van der Waals surface area contributed by atoms with E-state index in [1.807, 2.05) is 0 Å². The number of Topliss-reactive ketones (excluding diaryl/α,β-unsaturated/α-hetero) is 1. The van der Waals surface area contributed by atoms with Gasteiger partial charge in [0.1, 0.15) is 5.82 Å². The van der Waals surface area contributed by atoms with Gasteiger partial charge in [0.25, 0.3) is 0 Å². The molecule has 0 saturated carbocycles. The van der Waals surface area contributed by atoms with E-state index in [0.29, 0.717) is 6.42 Å². The molecule has 4 heteroatoms. The molecule has 1 aliphatic rings. The molecule has 1 aliphatic heterocycles. The van der Waals surface area contributed by atoms with Crippen molar-refractivity contribution in [2.24, 2.45) is 0 Å². The zero-order chi connectivity index (χ0) is 13.7. The summed E-state index contributed by atoms with van der Waals surface area (Å²) in [5.41, 5.74) is 0.198. The normalized spacial score (nSPS) is 17.2. The summed E-state index contributed by atoms with van der Waals surface area (Å²) in [7, 11) is 0. The van der Waals surface area contributed by atoms with Crippen molar-refractivity contribution in [3.8, 4) is 0 Å². The van der Waals surface area contributed by atoms with Crippen molar-refractivity contribution >= 4 is 21.7 Å². The van der Waals surface area contributed by atoms with E-state index in [-0.39, 0.29) is 11.3 Å². The number of ketones is 1. The quantitative estimate of drug-likeness (QED) is 0.778. The molecular formula is C15H19BrFNO. The van der Waals surface area contributed by atoms with Crippen LogP contribution in [0.2, 0.25) is 0 Å². The summed E-state index contributed by atoms with van der Waals surface area (Å²) in [6, 6.07) is 4.52. The standard InChI is InChI=1S/C15H19BrFNO/c16-12-5-6-14(17)13(11-12)15(19)7-10-18-8-3-1-2-4-9-18/h5-6,11H,1-4,7-10H2. The Bertz CT molecular complexity index is 442. The third-order valence-corrected chi connectivity index (χ3v) is 4.08. The van der Waals surface area contributed by atoms with Crippen molar-refractivity contribution in [2.45, 2.75) is 32.1 Å². The van der Waals surface area contributed by atoms with Crippen LogP contribution < -0.4 is 0 Å². The molecule has 1 aromatic carbocycles. The summed E-state index contributed by atoms with van der Waals surface area (Å²) in [4.78, 5) is 14.4. The van der Waals surface area contributed by atoms with Gasteiger partial charge >= 0.3 is 0 Å². The molecule has 0 radical (unpaired) electrons. The van der Waals surface area contributed by atoms with E-state index in [2.05, 4.69) is 20.8 Å². The van der Waals surface area contributed by atoms with E-state index < -0.39 is 5.82 Å². The van der Waals surface area contributed by atoms with Gasteiger partial charge in [-0.15, -0.1) is 0 Å². The van der Waals surface area contributed by atoms with Crippen LogP contribution >= 0.6 is 15.9 Å². The highest BCUT2D eigenvalue weighted by Crippen LogP contribution is 2.17. The first-order valence-electron chi connectivity index (χ1n) is 6.87. The van der Waals surface area contributed by atoms with Crippen LogP contribution in [0.4, 0.5) is 4.39 Å². The topological polar surface area (TPSA) is 20.3 Å². The molecule has 0 aromatic heterocycles. The van der Waals surface area contributed by atoms with Crippen molar-refractivity contribution in [2.75, 3.05) is 19.6 Å². The maximum atomic E-state index is 13.6. The Morgan fingerprint density at radius 3 is 2.58 bits per heavy atom. The average Bonchev–Trinajstić information content (AvgIpc) is 2.67. The second-order valence-electron chi connectivity index (χ2n) is 5.05. The summed E-state index contributed by atoms with van der Waals surface area (Å²) in [5.74, 6) is -0.535. The minimum atomic E-state index is -0.427. The van der Waals surface area contributed by atoms with Crippen molar-refractivity contribution in [3.05, 3.63) is 34.1 Å². The minimum absolute atomic E-state index is 0.108. The van der Waals surface area contributed by atoms with Crippen LogP contribution in [0.15, 0.2) is 22.7 Å². The molecule has 1 saturated heterocycles. The van der Waals surface area contributed by atoms with Gasteiger partial charge in [0.05, 0.1) is 5.56 Å². The van der Waals surface area contributed by atoms with E-state index in [0.717, 1.165) is 24.1 Å². The number of hydrogen-bond acceptors (Lipinski definition) is 2. The third-order valence-electron chi connectivity index (χ3n) is 3.58. The molecule has 0 bridgehead atoms. The monoisotopic (exact) mass is 327 g/mol. The molecule has 0 atom stereocenters. The molecular weight excluding hydrogens is 309 g/mol. The Labute approximate surface area is 122 Å². The largest absolute Gasteiger partial charge is 0.303 e. The van der Waals surface area contributed by atoms with Crippen LogP contribution in [0.3, 0.4) is 0 Å². The zero-order valence-corrected chi connectivity index (χ0v) is 12.6. The van der Waals surface area contributed by atoms with Gasteiger partial charge in [-0.1, -0.05) is 28.8 Å².